The first-order valence-corrected chi connectivity index (χ1v) is 8.09. The van der Waals surface area contributed by atoms with E-state index in [1.165, 1.54) is 17.0 Å². The first-order valence-electron chi connectivity index (χ1n) is 8.09. The number of amides is 2. The van der Waals surface area contributed by atoms with E-state index in [1.54, 1.807) is 6.07 Å². The summed E-state index contributed by atoms with van der Waals surface area (Å²) in [4.78, 5) is 26.1. The van der Waals surface area contributed by atoms with Crippen molar-refractivity contribution < 1.29 is 22.8 Å². The number of carbonyl (C=O) groups is 2. The van der Waals surface area contributed by atoms with Gasteiger partial charge in [0.05, 0.1) is 5.56 Å². The SMILES string of the molecule is CCC1C(=O)NCCN1C(=O)C1CC1c1ccccc1C(F)(F)F. The van der Waals surface area contributed by atoms with Crippen molar-refractivity contribution in [3.8, 4) is 0 Å². The Hall–Kier alpha value is -2.05. The molecule has 4 nitrogen and oxygen atoms in total. The van der Waals surface area contributed by atoms with Gasteiger partial charge in [0.1, 0.15) is 6.04 Å². The van der Waals surface area contributed by atoms with Crippen LogP contribution in [0.1, 0.15) is 36.8 Å². The number of rotatable bonds is 3. The Labute approximate surface area is 138 Å². The van der Waals surface area contributed by atoms with Crippen molar-refractivity contribution in [3.63, 3.8) is 0 Å². The van der Waals surface area contributed by atoms with Crippen LogP contribution in [-0.4, -0.2) is 35.8 Å². The van der Waals surface area contributed by atoms with Crippen LogP contribution in [0.4, 0.5) is 13.2 Å². The molecule has 0 aromatic heterocycles. The number of alkyl halides is 3. The Morgan fingerprint density at radius 1 is 1.33 bits per heavy atom. The predicted octanol–water partition coefficient (Wildman–Crippen LogP) is 2.55. The number of hydrogen-bond acceptors (Lipinski definition) is 2. The van der Waals surface area contributed by atoms with Crippen molar-refractivity contribution in [2.24, 2.45) is 5.92 Å². The van der Waals surface area contributed by atoms with Crippen molar-refractivity contribution in [2.45, 2.75) is 37.9 Å². The summed E-state index contributed by atoms with van der Waals surface area (Å²) in [7, 11) is 0. The van der Waals surface area contributed by atoms with E-state index in [9.17, 15) is 22.8 Å². The van der Waals surface area contributed by atoms with E-state index < -0.39 is 29.6 Å². The molecule has 130 valence electrons. The highest BCUT2D eigenvalue weighted by Crippen LogP contribution is 2.52. The molecule has 0 spiro atoms. The van der Waals surface area contributed by atoms with Crippen LogP contribution in [0.25, 0.3) is 0 Å². The summed E-state index contributed by atoms with van der Waals surface area (Å²) in [5.74, 6) is -1.28. The molecule has 0 radical (unpaired) electrons. The molecule has 1 saturated heterocycles. The zero-order chi connectivity index (χ0) is 17.5. The number of carbonyl (C=O) groups excluding carboxylic acids is 2. The van der Waals surface area contributed by atoms with Crippen molar-refractivity contribution >= 4 is 11.8 Å². The van der Waals surface area contributed by atoms with Gasteiger partial charge in [0.25, 0.3) is 0 Å². The molecular formula is C17H19F3N2O2. The van der Waals surface area contributed by atoms with Crippen molar-refractivity contribution in [2.75, 3.05) is 13.1 Å². The molecule has 3 rings (SSSR count). The molecule has 2 aliphatic rings. The van der Waals surface area contributed by atoms with Gasteiger partial charge in [-0.2, -0.15) is 13.2 Å². The summed E-state index contributed by atoms with van der Waals surface area (Å²) < 4.78 is 39.4. The fraction of sp³-hybridized carbons (Fsp3) is 0.529. The summed E-state index contributed by atoms with van der Waals surface area (Å²) in [6.45, 7) is 2.62. The van der Waals surface area contributed by atoms with E-state index in [4.69, 9.17) is 0 Å². The monoisotopic (exact) mass is 340 g/mol. The molecule has 7 heteroatoms. The lowest BCUT2D eigenvalue weighted by Crippen LogP contribution is -2.57. The molecule has 2 amide bonds. The third-order valence-electron chi connectivity index (χ3n) is 4.77. The molecular weight excluding hydrogens is 321 g/mol. The van der Waals surface area contributed by atoms with Gasteiger partial charge in [-0.3, -0.25) is 9.59 Å². The second-order valence-corrected chi connectivity index (χ2v) is 6.28. The molecule has 0 bridgehead atoms. The van der Waals surface area contributed by atoms with Crippen LogP contribution < -0.4 is 5.32 Å². The number of benzene rings is 1. The fourth-order valence-electron chi connectivity index (χ4n) is 3.49. The smallest absolute Gasteiger partial charge is 0.353 e. The third kappa shape index (κ3) is 2.99. The lowest BCUT2D eigenvalue weighted by Gasteiger charge is -2.34. The van der Waals surface area contributed by atoms with Gasteiger partial charge in [-0.1, -0.05) is 25.1 Å². The van der Waals surface area contributed by atoms with Gasteiger partial charge in [0.15, 0.2) is 0 Å². The Bertz CT molecular complexity index is 659. The first-order chi connectivity index (χ1) is 11.3. The Morgan fingerprint density at radius 2 is 2.04 bits per heavy atom. The van der Waals surface area contributed by atoms with Crippen molar-refractivity contribution in [1.82, 2.24) is 10.2 Å². The minimum Gasteiger partial charge on any atom is -0.353 e. The zero-order valence-electron chi connectivity index (χ0n) is 13.3. The standard InChI is InChI=1S/C17H19F3N2O2/c1-2-14-15(23)21-7-8-22(14)16(24)12-9-11(12)10-5-3-4-6-13(10)17(18,19)20/h3-6,11-12,14H,2,7-9H2,1H3,(H,21,23). The zero-order valence-corrected chi connectivity index (χ0v) is 13.3. The molecule has 3 unspecified atom stereocenters. The molecule has 24 heavy (non-hydrogen) atoms. The number of halogens is 3. The highest BCUT2D eigenvalue weighted by Gasteiger charge is 2.50. The Morgan fingerprint density at radius 3 is 2.71 bits per heavy atom. The molecule has 2 fully saturated rings. The van der Waals surface area contributed by atoms with E-state index >= 15 is 0 Å². The topological polar surface area (TPSA) is 49.4 Å². The van der Waals surface area contributed by atoms with Gasteiger partial charge in [-0.15, -0.1) is 0 Å². The quantitative estimate of drug-likeness (QED) is 0.919. The maximum atomic E-state index is 13.1. The number of nitrogens with zero attached hydrogens (tertiary/aromatic N) is 1. The van der Waals surface area contributed by atoms with Gasteiger partial charge in [0, 0.05) is 19.0 Å². The van der Waals surface area contributed by atoms with E-state index in [0.29, 0.717) is 25.9 Å². The summed E-state index contributed by atoms with van der Waals surface area (Å²) >= 11 is 0. The maximum Gasteiger partial charge on any atom is 0.416 e. The third-order valence-corrected chi connectivity index (χ3v) is 4.77. The van der Waals surface area contributed by atoms with Crippen LogP contribution in [-0.2, 0) is 15.8 Å². The number of hydrogen-bond donors (Lipinski definition) is 1. The van der Waals surface area contributed by atoms with Gasteiger partial charge in [-0.05, 0) is 30.4 Å². The maximum absolute atomic E-state index is 13.1. The average Bonchev–Trinajstić information content (AvgIpc) is 3.33. The molecule has 1 aliphatic carbocycles. The summed E-state index contributed by atoms with van der Waals surface area (Å²) in [5, 5.41) is 2.72. The van der Waals surface area contributed by atoms with Crippen LogP contribution in [0.15, 0.2) is 24.3 Å². The molecule has 1 saturated carbocycles. The van der Waals surface area contributed by atoms with Gasteiger partial charge in [-0.25, -0.2) is 0 Å². The summed E-state index contributed by atoms with van der Waals surface area (Å²) in [6.07, 6.45) is -3.53. The van der Waals surface area contributed by atoms with Crippen LogP contribution in [0.5, 0.6) is 0 Å². The van der Waals surface area contributed by atoms with E-state index in [2.05, 4.69) is 5.32 Å². The van der Waals surface area contributed by atoms with Crippen LogP contribution >= 0.6 is 0 Å². The average molecular weight is 340 g/mol. The van der Waals surface area contributed by atoms with Gasteiger partial charge >= 0.3 is 6.18 Å². The normalized spacial score (nSPS) is 26.9. The highest BCUT2D eigenvalue weighted by atomic mass is 19.4. The second kappa shape index (κ2) is 6.11. The lowest BCUT2D eigenvalue weighted by molar-refractivity contribution is -0.144. The molecule has 1 aromatic carbocycles. The molecule has 1 aromatic rings. The van der Waals surface area contributed by atoms with Crippen LogP contribution in [0.3, 0.4) is 0 Å². The second-order valence-electron chi connectivity index (χ2n) is 6.28. The van der Waals surface area contributed by atoms with Crippen LogP contribution in [0.2, 0.25) is 0 Å². The van der Waals surface area contributed by atoms with Crippen molar-refractivity contribution in [1.29, 1.82) is 0 Å². The Kier molecular flexibility index (Phi) is 4.27. The largest absolute Gasteiger partial charge is 0.416 e. The van der Waals surface area contributed by atoms with Gasteiger partial charge in [0.2, 0.25) is 11.8 Å². The summed E-state index contributed by atoms with van der Waals surface area (Å²) in [5.41, 5.74) is -0.494. The molecule has 1 N–H and O–H groups in total. The van der Waals surface area contributed by atoms with E-state index in [1.807, 2.05) is 6.92 Å². The molecule has 3 atom stereocenters. The first kappa shape index (κ1) is 16.8. The highest BCUT2D eigenvalue weighted by molar-refractivity contribution is 5.91. The minimum atomic E-state index is -4.43. The molecule has 1 heterocycles. The fourth-order valence-corrected chi connectivity index (χ4v) is 3.49. The van der Waals surface area contributed by atoms with Crippen LogP contribution in [0, 0.1) is 5.92 Å². The van der Waals surface area contributed by atoms with E-state index in [-0.39, 0.29) is 17.4 Å². The molecule has 1 aliphatic heterocycles. The summed E-state index contributed by atoms with van der Waals surface area (Å²) in [6, 6.07) is 4.89. The van der Waals surface area contributed by atoms with Gasteiger partial charge < -0.3 is 10.2 Å². The van der Waals surface area contributed by atoms with E-state index in [0.717, 1.165) is 6.07 Å². The van der Waals surface area contributed by atoms with Crippen molar-refractivity contribution in [3.05, 3.63) is 35.4 Å². The minimum absolute atomic E-state index is 0.179. The predicted molar refractivity (Wildman–Crippen MR) is 81.1 cm³/mol. The Balaban J connectivity index is 1.78. The number of nitrogens with one attached hydrogen (secondary N) is 1. The number of piperazine rings is 1. The lowest BCUT2D eigenvalue weighted by atomic mass is 10.0.